The zero-order chi connectivity index (χ0) is 17.0. The van der Waals surface area contributed by atoms with Crippen LogP contribution in [0.4, 0.5) is 13.2 Å². The quantitative estimate of drug-likeness (QED) is 0.748. The molecule has 2 aromatic carbocycles. The summed E-state index contributed by atoms with van der Waals surface area (Å²) < 4.78 is 38.5. The highest BCUT2D eigenvalue weighted by Gasteiger charge is 2.29. The number of nitrogens with zero attached hydrogens (tertiary/aromatic N) is 1. The topological polar surface area (TPSA) is 20.3 Å². The van der Waals surface area contributed by atoms with Crippen LogP contribution in [0.15, 0.2) is 53.0 Å². The summed E-state index contributed by atoms with van der Waals surface area (Å²) in [7, 11) is 1.64. The van der Waals surface area contributed by atoms with E-state index in [-0.39, 0.29) is 18.9 Å². The summed E-state index contributed by atoms with van der Waals surface area (Å²) >= 11 is 3.33. The fraction of sp³-hybridized carbons (Fsp3) is 0.235. The third-order valence-electron chi connectivity index (χ3n) is 3.40. The maximum atomic E-state index is 12.5. The highest BCUT2D eigenvalue weighted by Crippen LogP contribution is 2.29. The van der Waals surface area contributed by atoms with Gasteiger partial charge in [0.15, 0.2) is 0 Å². The fourth-order valence-electron chi connectivity index (χ4n) is 2.07. The Hall–Kier alpha value is -1.82. The van der Waals surface area contributed by atoms with Crippen LogP contribution in [-0.2, 0) is 23.9 Å². The molecule has 23 heavy (non-hydrogen) atoms. The predicted molar refractivity (Wildman–Crippen MR) is 85.8 cm³/mol. The first-order valence-corrected chi connectivity index (χ1v) is 7.69. The van der Waals surface area contributed by atoms with Crippen molar-refractivity contribution in [2.75, 3.05) is 7.05 Å². The van der Waals surface area contributed by atoms with E-state index in [0.29, 0.717) is 5.56 Å². The van der Waals surface area contributed by atoms with Crippen molar-refractivity contribution in [3.8, 4) is 0 Å². The molecule has 2 aromatic rings. The lowest BCUT2D eigenvalue weighted by Crippen LogP contribution is -2.27. The molecule has 0 N–H and O–H groups in total. The molecule has 0 aromatic heterocycles. The van der Waals surface area contributed by atoms with Crippen LogP contribution in [-0.4, -0.2) is 17.9 Å². The Morgan fingerprint density at radius 1 is 1.00 bits per heavy atom. The lowest BCUT2D eigenvalue weighted by molar-refractivity contribution is -0.137. The first-order chi connectivity index (χ1) is 10.8. The van der Waals surface area contributed by atoms with Crippen molar-refractivity contribution in [1.82, 2.24) is 4.90 Å². The summed E-state index contributed by atoms with van der Waals surface area (Å²) in [5, 5.41) is 0. The number of halogens is 4. The molecule has 0 unspecified atom stereocenters. The number of hydrogen-bond donors (Lipinski definition) is 0. The molecule has 0 bridgehead atoms. The van der Waals surface area contributed by atoms with E-state index in [1.54, 1.807) is 7.05 Å². The van der Waals surface area contributed by atoms with Gasteiger partial charge >= 0.3 is 6.18 Å². The molecule has 122 valence electrons. The fourth-order valence-corrected chi connectivity index (χ4v) is 2.34. The van der Waals surface area contributed by atoms with Gasteiger partial charge in [-0.15, -0.1) is 0 Å². The maximum absolute atomic E-state index is 12.5. The number of rotatable bonds is 4. The van der Waals surface area contributed by atoms with E-state index in [9.17, 15) is 18.0 Å². The van der Waals surface area contributed by atoms with Gasteiger partial charge in [-0.05, 0) is 35.4 Å². The standard InChI is InChI=1S/C17H15BrF3NO/c1-22(16(23)10-12-4-8-15(18)9-5-12)11-13-2-6-14(7-3-13)17(19,20)21/h2-9H,10-11H2,1H3. The average Bonchev–Trinajstić information content (AvgIpc) is 2.49. The molecule has 0 fully saturated rings. The first-order valence-electron chi connectivity index (χ1n) is 6.90. The zero-order valence-corrected chi connectivity index (χ0v) is 14.0. The van der Waals surface area contributed by atoms with Gasteiger partial charge in [-0.1, -0.05) is 40.2 Å². The SMILES string of the molecule is CN(Cc1ccc(C(F)(F)F)cc1)C(=O)Cc1ccc(Br)cc1. The van der Waals surface area contributed by atoms with Crippen molar-refractivity contribution in [1.29, 1.82) is 0 Å². The van der Waals surface area contributed by atoms with Gasteiger partial charge in [0.25, 0.3) is 0 Å². The average molecular weight is 386 g/mol. The lowest BCUT2D eigenvalue weighted by atomic mass is 10.1. The van der Waals surface area contributed by atoms with Crippen LogP contribution in [0.2, 0.25) is 0 Å². The number of amides is 1. The van der Waals surface area contributed by atoms with Gasteiger partial charge in [0, 0.05) is 18.1 Å². The molecule has 0 atom stereocenters. The molecule has 0 heterocycles. The van der Waals surface area contributed by atoms with Gasteiger partial charge in [0.05, 0.1) is 12.0 Å². The van der Waals surface area contributed by atoms with Gasteiger partial charge in [0.2, 0.25) is 5.91 Å². The van der Waals surface area contributed by atoms with E-state index in [2.05, 4.69) is 15.9 Å². The van der Waals surface area contributed by atoms with Gasteiger partial charge < -0.3 is 4.90 Å². The second-order valence-electron chi connectivity index (χ2n) is 5.25. The predicted octanol–water partition coefficient (Wildman–Crippen LogP) is 4.67. The molecule has 2 nitrogen and oxygen atoms in total. The van der Waals surface area contributed by atoms with Crippen molar-refractivity contribution in [3.05, 3.63) is 69.7 Å². The summed E-state index contributed by atoms with van der Waals surface area (Å²) in [5.74, 6) is -0.0905. The van der Waals surface area contributed by atoms with Crippen molar-refractivity contribution in [2.45, 2.75) is 19.1 Å². The molecule has 1 amide bonds. The monoisotopic (exact) mass is 385 g/mol. The number of carbonyl (C=O) groups is 1. The Labute approximate surface area is 141 Å². The van der Waals surface area contributed by atoms with Gasteiger partial charge in [-0.2, -0.15) is 13.2 Å². The van der Waals surface area contributed by atoms with Gasteiger partial charge in [-0.25, -0.2) is 0 Å². The van der Waals surface area contributed by atoms with E-state index in [1.165, 1.54) is 17.0 Å². The van der Waals surface area contributed by atoms with Crippen LogP contribution in [0.5, 0.6) is 0 Å². The maximum Gasteiger partial charge on any atom is 0.416 e. The van der Waals surface area contributed by atoms with E-state index >= 15 is 0 Å². The van der Waals surface area contributed by atoms with Gasteiger partial charge in [0.1, 0.15) is 0 Å². The van der Waals surface area contributed by atoms with Crippen molar-refractivity contribution < 1.29 is 18.0 Å². The Bertz CT molecular complexity index is 666. The zero-order valence-electron chi connectivity index (χ0n) is 12.4. The number of hydrogen-bond acceptors (Lipinski definition) is 1. The summed E-state index contributed by atoms with van der Waals surface area (Å²) in [4.78, 5) is 13.7. The van der Waals surface area contributed by atoms with Crippen LogP contribution in [0, 0.1) is 0 Å². The van der Waals surface area contributed by atoms with E-state index in [1.807, 2.05) is 24.3 Å². The number of benzene rings is 2. The molecule has 2 rings (SSSR count). The summed E-state index contributed by atoms with van der Waals surface area (Å²) in [5.41, 5.74) is 0.854. The number of carbonyl (C=O) groups excluding carboxylic acids is 1. The Balaban J connectivity index is 1.96. The molecule has 6 heteroatoms. The van der Waals surface area contributed by atoms with Crippen LogP contribution < -0.4 is 0 Å². The Morgan fingerprint density at radius 2 is 1.52 bits per heavy atom. The molecule has 0 aliphatic heterocycles. The van der Waals surface area contributed by atoms with E-state index < -0.39 is 11.7 Å². The summed E-state index contributed by atoms with van der Waals surface area (Å²) in [6.45, 7) is 0.271. The molecule has 0 aliphatic rings. The van der Waals surface area contributed by atoms with Crippen molar-refractivity contribution >= 4 is 21.8 Å². The largest absolute Gasteiger partial charge is 0.416 e. The highest BCUT2D eigenvalue weighted by atomic mass is 79.9. The molecule has 0 aliphatic carbocycles. The minimum Gasteiger partial charge on any atom is -0.341 e. The second-order valence-corrected chi connectivity index (χ2v) is 6.16. The minimum absolute atomic E-state index is 0.0905. The number of likely N-dealkylation sites (N-methyl/N-ethyl adjacent to an activating group) is 1. The lowest BCUT2D eigenvalue weighted by Gasteiger charge is -2.18. The first kappa shape index (κ1) is 17.5. The molecule has 0 radical (unpaired) electrons. The van der Waals surface area contributed by atoms with Crippen molar-refractivity contribution in [3.63, 3.8) is 0 Å². The third-order valence-corrected chi connectivity index (χ3v) is 3.92. The molecule has 0 saturated heterocycles. The number of alkyl halides is 3. The van der Waals surface area contributed by atoms with Crippen molar-refractivity contribution in [2.24, 2.45) is 0 Å². The molecular formula is C17H15BrF3NO. The second kappa shape index (κ2) is 7.17. The normalized spacial score (nSPS) is 11.3. The Morgan fingerprint density at radius 3 is 2.04 bits per heavy atom. The summed E-state index contributed by atoms with van der Waals surface area (Å²) in [6, 6.07) is 12.3. The van der Waals surface area contributed by atoms with Crippen LogP contribution in [0.3, 0.4) is 0 Å². The highest BCUT2D eigenvalue weighted by molar-refractivity contribution is 9.10. The van der Waals surface area contributed by atoms with E-state index in [0.717, 1.165) is 22.2 Å². The smallest absolute Gasteiger partial charge is 0.341 e. The molecule has 0 spiro atoms. The Kier molecular flexibility index (Phi) is 5.46. The van der Waals surface area contributed by atoms with Crippen LogP contribution in [0.1, 0.15) is 16.7 Å². The molecule has 0 saturated carbocycles. The third kappa shape index (κ3) is 5.10. The molecular weight excluding hydrogens is 371 g/mol. The van der Waals surface area contributed by atoms with Gasteiger partial charge in [-0.3, -0.25) is 4.79 Å². The van der Waals surface area contributed by atoms with Crippen LogP contribution >= 0.6 is 15.9 Å². The van der Waals surface area contributed by atoms with Crippen LogP contribution in [0.25, 0.3) is 0 Å². The minimum atomic E-state index is -4.35. The van der Waals surface area contributed by atoms with E-state index in [4.69, 9.17) is 0 Å². The summed E-state index contributed by atoms with van der Waals surface area (Å²) in [6.07, 6.45) is -4.09.